The molecule has 0 unspecified atom stereocenters. The van der Waals surface area contributed by atoms with E-state index in [0.29, 0.717) is 5.56 Å². The fourth-order valence-electron chi connectivity index (χ4n) is 3.73. The highest BCUT2D eigenvalue weighted by Gasteiger charge is 2.28. The molecule has 1 aliphatic heterocycles. The first-order chi connectivity index (χ1) is 17.8. The first-order valence-corrected chi connectivity index (χ1v) is 11.5. The monoisotopic (exact) mass is 512 g/mol. The van der Waals surface area contributed by atoms with E-state index in [0.717, 1.165) is 0 Å². The van der Waals surface area contributed by atoms with Crippen LogP contribution in [0.5, 0.6) is 11.5 Å². The van der Waals surface area contributed by atoms with Crippen LogP contribution in [-0.4, -0.2) is 79.6 Å². The van der Waals surface area contributed by atoms with Gasteiger partial charge in [0.15, 0.2) is 11.5 Å². The molecule has 0 saturated carbocycles. The number of piperazine rings is 1. The predicted octanol–water partition coefficient (Wildman–Crippen LogP) is 2.68. The van der Waals surface area contributed by atoms with Crippen molar-refractivity contribution in [2.45, 2.75) is 6.92 Å². The Morgan fingerprint density at radius 1 is 1.00 bits per heavy atom. The molecule has 3 amide bonds. The number of nitro groups is 1. The van der Waals surface area contributed by atoms with Crippen molar-refractivity contribution in [3.8, 4) is 11.5 Å². The molecular weight excluding hydrogens is 484 g/mol. The van der Waals surface area contributed by atoms with Gasteiger partial charge in [0, 0.05) is 31.7 Å². The Bertz CT molecular complexity index is 1190. The lowest BCUT2D eigenvalue weighted by Gasteiger charge is -2.34. The summed E-state index contributed by atoms with van der Waals surface area (Å²) in [5.41, 5.74) is -0.183. The van der Waals surface area contributed by atoms with Crippen molar-refractivity contribution in [1.29, 1.82) is 0 Å². The second-order valence-electron chi connectivity index (χ2n) is 7.88. The van der Waals surface area contributed by atoms with E-state index in [1.165, 1.54) is 42.2 Å². The lowest BCUT2D eigenvalue weighted by molar-refractivity contribution is -0.385. The van der Waals surface area contributed by atoms with Crippen LogP contribution in [0.3, 0.4) is 0 Å². The van der Waals surface area contributed by atoms with Crippen LogP contribution in [-0.2, 0) is 9.53 Å². The summed E-state index contributed by atoms with van der Waals surface area (Å²) in [7, 11) is 2.73. The Morgan fingerprint density at radius 2 is 1.59 bits per heavy atom. The van der Waals surface area contributed by atoms with Crippen molar-refractivity contribution in [2.75, 3.05) is 47.0 Å². The maximum absolute atomic E-state index is 13.5. The summed E-state index contributed by atoms with van der Waals surface area (Å²) in [5, 5.41) is 14.4. The molecule has 0 radical (unpaired) electrons. The van der Waals surface area contributed by atoms with Crippen LogP contribution in [0.15, 0.2) is 48.2 Å². The van der Waals surface area contributed by atoms with Gasteiger partial charge >= 0.3 is 6.09 Å². The summed E-state index contributed by atoms with van der Waals surface area (Å²) in [5.74, 6) is -0.767. The van der Waals surface area contributed by atoms with E-state index in [1.807, 2.05) is 0 Å². The fraction of sp³-hybridized carbons (Fsp3) is 0.320. The zero-order valence-corrected chi connectivity index (χ0v) is 20.8. The minimum absolute atomic E-state index is 0.0320. The molecule has 1 heterocycles. The van der Waals surface area contributed by atoms with E-state index < -0.39 is 22.8 Å². The molecule has 196 valence electrons. The van der Waals surface area contributed by atoms with Gasteiger partial charge in [-0.2, -0.15) is 0 Å². The number of ether oxygens (including phenoxy) is 3. The number of benzene rings is 2. The average molecular weight is 513 g/mol. The molecule has 2 aromatic rings. The standard InChI is InChI=1S/C25H28N4O8/c1-4-37-25(32)28-12-10-27(11-13-28)24(31)19(26-23(30)17-8-6-5-7-9-17)14-18-15-21(35-2)22(36-3)16-20(18)29(33)34/h5-9,14-16H,4,10-13H2,1-3H3,(H,26,30)/b19-14-. The smallest absolute Gasteiger partial charge is 0.409 e. The molecule has 0 atom stereocenters. The van der Waals surface area contributed by atoms with Crippen LogP contribution in [0.25, 0.3) is 6.08 Å². The Labute approximate surface area is 213 Å². The Morgan fingerprint density at radius 3 is 2.16 bits per heavy atom. The maximum Gasteiger partial charge on any atom is 0.409 e. The van der Waals surface area contributed by atoms with Gasteiger partial charge in [0.1, 0.15) is 5.70 Å². The van der Waals surface area contributed by atoms with E-state index in [-0.39, 0.29) is 61.2 Å². The summed E-state index contributed by atoms with van der Waals surface area (Å²) in [6.45, 7) is 2.79. The number of amides is 3. The molecule has 0 spiro atoms. The zero-order chi connectivity index (χ0) is 26.9. The van der Waals surface area contributed by atoms with E-state index in [2.05, 4.69) is 5.32 Å². The topological polar surface area (TPSA) is 141 Å². The highest BCUT2D eigenvalue weighted by Crippen LogP contribution is 2.35. The highest BCUT2D eigenvalue weighted by molar-refractivity contribution is 6.05. The van der Waals surface area contributed by atoms with Gasteiger partial charge in [0.25, 0.3) is 17.5 Å². The fourth-order valence-corrected chi connectivity index (χ4v) is 3.73. The summed E-state index contributed by atoms with van der Waals surface area (Å²) < 4.78 is 15.4. The number of carbonyl (C=O) groups is 3. The quantitative estimate of drug-likeness (QED) is 0.323. The summed E-state index contributed by atoms with van der Waals surface area (Å²) in [6, 6.07) is 10.8. The van der Waals surface area contributed by atoms with Crippen molar-refractivity contribution >= 4 is 29.7 Å². The van der Waals surface area contributed by atoms with Crippen molar-refractivity contribution in [1.82, 2.24) is 15.1 Å². The van der Waals surface area contributed by atoms with Crippen LogP contribution in [0.4, 0.5) is 10.5 Å². The van der Waals surface area contributed by atoms with Gasteiger partial charge in [-0.25, -0.2) is 4.79 Å². The normalized spacial score (nSPS) is 13.5. The second kappa shape index (κ2) is 12.4. The Hall–Kier alpha value is -4.61. The number of nitrogens with one attached hydrogen (secondary N) is 1. The first kappa shape index (κ1) is 27.0. The molecule has 12 nitrogen and oxygen atoms in total. The molecule has 1 N–H and O–H groups in total. The van der Waals surface area contributed by atoms with E-state index in [1.54, 1.807) is 37.3 Å². The number of nitrogens with zero attached hydrogens (tertiary/aromatic N) is 3. The van der Waals surface area contributed by atoms with Gasteiger partial charge in [-0.15, -0.1) is 0 Å². The van der Waals surface area contributed by atoms with Gasteiger partial charge in [-0.05, 0) is 31.2 Å². The van der Waals surface area contributed by atoms with Crippen molar-refractivity contribution in [3.05, 3.63) is 69.4 Å². The minimum atomic E-state index is -0.618. The molecular formula is C25H28N4O8. The molecule has 12 heteroatoms. The number of carbonyl (C=O) groups excluding carboxylic acids is 3. The zero-order valence-electron chi connectivity index (χ0n) is 20.8. The van der Waals surface area contributed by atoms with Gasteiger partial charge in [-0.1, -0.05) is 18.2 Å². The molecule has 1 saturated heterocycles. The number of hydrogen-bond donors (Lipinski definition) is 1. The average Bonchev–Trinajstić information content (AvgIpc) is 2.92. The lowest BCUT2D eigenvalue weighted by Crippen LogP contribution is -2.52. The molecule has 3 rings (SSSR count). The lowest BCUT2D eigenvalue weighted by atomic mass is 10.1. The third kappa shape index (κ3) is 6.54. The first-order valence-electron chi connectivity index (χ1n) is 11.5. The van der Waals surface area contributed by atoms with Crippen molar-refractivity contribution in [2.24, 2.45) is 0 Å². The Balaban J connectivity index is 1.98. The molecule has 2 aromatic carbocycles. The van der Waals surface area contributed by atoms with Gasteiger partial charge < -0.3 is 29.3 Å². The number of hydrogen-bond acceptors (Lipinski definition) is 8. The molecule has 1 fully saturated rings. The van der Waals surface area contributed by atoms with E-state index >= 15 is 0 Å². The minimum Gasteiger partial charge on any atom is -0.493 e. The predicted molar refractivity (Wildman–Crippen MR) is 133 cm³/mol. The van der Waals surface area contributed by atoms with Gasteiger partial charge in [-0.3, -0.25) is 19.7 Å². The Kier molecular flexibility index (Phi) is 9.03. The van der Waals surface area contributed by atoms with Crippen molar-refractivity contribution < 1.29 is 33.5 Å². The van der Waals surface area contributed by atoms with Crippen LogP contribution in [0.2, 0.25) is 0 Å². The highest BCUT2D eigenvalue weighted by atomic mass is 16.6. The van der Waals surface area contributed by atoms with Crippen LogP contribution in [0.1, 0.15) is 22.8 Å². The molecule has 1 aliphatic rings. The van der Waals surface area contributed by atoms with E-state index in [4.69, 9.17) is 14.2 Å². The largest absolute Gasteiger partial charge is 0.493 e. The van der Waals surface area contributed by atoms with Crippen LogP contribution < -0.4 is 14.8 Å². The second-order valence-corrected chi connectivity index (χ2v) is 7.88. The molecule has 0 aromatic heterocycles. The molecule has 0 aliphatic carbocycles. The van der Waals surface area contributed by atoms with Crippen LogP contribution >= 0.6 is 0 Å². The summed E-state index contributed by atoms with van der Waals surface area (Å²) in [4.78, 5) is 52.6. The van der Waals surface area contributed by atoms with Gasteiger partial charge in [0.2, 0.25) is 0 Å². The van der Waals surface area contributed by atoms with Crippen molar-refractivity contribution in [3.63, 3.8) is 0 Å². The molecule has 37 heavy (non-hydrogen) atoms. The number of methoxy groups -OCH3 is 2. The summed E-state index contributed by atoms with van der Waals surface area (Å²) in [6.07, 6.45) is 0.768. The number of nitro benzene ring substituents is 1. The SMILES string of the molecule is CCOC(=O)N1CCN(C(=O)/C(=C/c2cc(OC)c(OC)cc2[N+](=O)[O-])NC(=O)c2ccccc2)CC1. The number of rotatable bonds is 8. The molecule has 0 bridgehead atoms. The maximum atomic E-state index is 13.5. The van der Waals surface area contributed by atoms with Crippen LogP contribution in [0, 0.1) is 10.1 Å². The third-order valence-corrected chi connectivity index (χ3v) is 5.64. The van der Waals surface area contributed by atoms with E-state index in [9.17, 15) is 24.5 Å². The summed E-state index contributed by atoms with van der Waals surface area (Å²) >= 11 is 0. The third-order valence-electron chi connectivity index (χ3n) is 5.64. The van der Waals surface area contributed by atoms with Gasteiger partial charge in [0.05, 0.1) is 37.4 Å².